The maximum absolute atomic E-state index is 6.86. The third-order valence-corrected chi connectivity index (χ3v) is 9.65. The first-order chi connectivity index (χ1) is 16.4. The minimum absolute atomic E-state index is 0.0577. The van der Waals surface area contributed by atoms with Crippen LogP contribution in [0, 0.1) is 25.7 Å². The highest BCUT2D eigenvalue weighted by atomic mass is 32.2. The Morgan fingerprint density at radius 3 is 2.65 bits per heavy atom. The van der Waals surface area contributed by atoms with E-state index in [9.17, 15) is 0 Å². The van der Waals surface area contributed by atoms with Crippen LogP contribution >= 0.6 is 11.9 Å². The predicted molar refractivity (Wildman–Crippen MR) is 143 cm³/mol. The lowest BCUT2D eigenvalue weighted by Gasteiger charge is -2.44. The topological polar surface area (TPSA) is 48.6 Å². The number of aryl methyl sites for hydroxylation is 2. The van der Waals surface area contributed by atoms with Gasteiger partial charge in [0.05, 0.1) is 6.10 Å². The van der Waals surface area contributed by atoms with Crippen LogP contribution in [0.1, 0.15) is 87.9 Å². The molecule has 0 radical (unpaired) electrons. The van der Waals surface area contributed by atoms with Gasteiger partial charge in [-0.2, -0.15) is 0 Å². The van der Waals surface area contributed by atoms with Crippen LogP contribution < -0.4 is 15.4 Å². The first-order valence-corrected chi connectivity index (χ1v) is 14.7. The van der Waals surface area contributed by atoms with Gasteiger partial charge in [0.15, 0.2) is 0 Å². The Bertz CT molecular complexity index is 799. The summed E-state index contributed by atoms with van der Waals surface area (Å²) in [6.45, 7) is 11.6. The van der Waals surface area contributed by atoms with Gasteiger partial charge in [0.25, 0.3) is 0 Å². The highest BCUT2D eigenvalue weighted by Gasteiger charge is 2.37. The number of nitrogens with one attached hydrogen (secondary N) is 3. The highest BCUT2D eigenvalue weighted by Crippen LogP contribution is 2.36. The van der Waals surface area contributed by atoms with Crippen molar-refractivity contribution in [2.75, 3.05) is 13.1 Å². The van der Waals surface area contributed by atoms with Crippen LogP contribution in [0.15, 0.2) is 18.2 Å². The van der Waals surface area contributed by atoms with Crippen LogP contribution in [0.4, 0.5) is 0 Å². The minimum atomic E-state index is 0.0577. The van der Waals surface area contributed by atoms with Crippen molar-refractivity contribution in [2.24, 2.45) is 11.8 Å². The molecule has 190 valence electrons. The Balaban J connectivity index is 1.38. The summed E-state index contributed by atoms with van der Waals surface area (Å²) >= 11 is 1.96. The summed E-state index contributed by atoms with van der Waals surface area (Å²) in [6.07, 6.45) is 10.6. The molecule has 6 heteroatoms. The lowest BCUT2D eigenvalue weighted by Crippen LogP contribution is -2.62. The molecule has 7 unspecified atom stereocenters. The van der Waals surface area contributed by atoms with Crippen molar-refractivity contribution in [3.8, 4) is 0 Å². The summed E-state index contributed by atoms with van der Waals surface area (Å²) in [6, 6.07) is 7.69. The van der Waals surface area contributed by atoms with E-state index in [1.54, 1.807) is 0 Å². The van der Waals surface area contributed by atoms with Crippen LogP contribution in [0.2, 0.25) is 0 Å². The minimum Gasteiger partial charge on any atom is -0.359 e. The second kappa shape index (κ2) is 11.2. The molecule has 1 aliphatic carbocycles. The number of hydrogen-bond donors (Lipinski definition) is 3. The molecule has 1 saturated carbocycles. The van der Waals surface area contributed by atoms with Crippen LogP contribution in [0.3, 0.4) is 0 Å². The SMILES string of the molecule is Cc1cccc(C)c1C1CC2NC(NSC3CCCC(C3)CN3C[C@@H](CCC3CC(C)C)O2)N1. The number of benzene rings is 1. The Hall–Kier alpha value is -0.630. The molecule has 6 bridgehead atoms. The van der Waals surface area contributed by atoms with Gasteiger partial charge in [0.1, 0.15) is 12.5 Å². The number of fused-ring (bicyclic) bond motifs is 6. The fourth-order valence-electron chi connectivity index (χ4n) is 6.98. The molecule has 5 rings (SSSR count). The molecule has 0 amide bonds. The molecular formula is C28H46N4OS. The Morgan fingerprint density at radius 1 is 1.03 bits per heavy atom. The summed E-state index contributed by atoms with van der Waals surface area (Å²) in [5, 5.41) is 8.34. The van der Waals surface area contributed by atoms with Gasteiger partial charge in [0, 0.05) is 36.8 Å². The lowest BCUT2D eigenvalue weighted by molar-refractivity contribution is -0.0977. The van der Waals surface area contributed by atoms with Gasteiger partial charge in [0.2, 0.25) is 0 Å². The summed E-state index contributed by atoms with van der Waals surface area (Å²) < 4.78 is 10.6. The van der Waals surface area contributed by atoms with Crippen molar-refractivity contribution >= 4 is 11.9 Å². The van der Waals surface area contributed by atoms with E-state index in [0.29, 0.717) is 17.4 Å². The molecule has 4 fully saturated rings. The second-order valence-corrected chi connectivity index (χ2v) is 12.9. The summed E-state index contributed by atoms with van der Waals surface area (Å²) in [5.74, 6) is 1.58. The molecule has 5 nitrogen and oxygen atoms in total. The summed E-state index contributed by atoms with van der Waals surface area (Å²) in [4.78, 5) is 2.83. The molecule has 4 aliphatic rings. The normalized spacial score (nSPS) is 39.1. The zero-order chi connectivity index (χ0) is 23.7. The van der Waals surface area contributed by atoms with Crippen LogP contribution in [-0.4, -0.2) is 47.9 Å². The molecule has 8 atom stereocenters. The summed E-state index contributed by atoms with van der Waals surface area (Å²) in [5.41, 5.74) is 4.19. The fourth-order valence-corrected chi connectivity index (χ4v) is 8.10. The van der Waals surface area contributed by atoms with E-state index < -0.39 is 0 Å². The number of ether oxygens (including phenoxy) is 1. The maximum Gasteiger partial charge on any atom is 0.123 e. The first kappa shape index (κ1) is 25.0. The molecule has 1 aromatic rings. The quantitative estimate of drug-likeness (QED) is 0.508. The van der Waals surface area contributed by atoms with Crippen molar-refractivity contribution in [1.82, 2.24) is 20.3 Å². The third kappa shape index (κ3) is 6.01. The maximum atomic E-state index is 6.86. The highest BCUT2D eigenvalue weighted by molar-refractivity contribution is 7.98. The Morgan fingerprint density at radius 2 is 1.85 bits per heavy atom. The van der Waals surface area contributed by atoms with Crippen molar-refractivity contribution in [3.63, 3.8) is 0 Å². The lowest BCUT2D eigenvalue weighted by atomic mass is 9.86. The van der Waals surface area contributed by atoms with Gasteiger partial charge in [-0.05, 0) is 80.9 Å². The largest absolute Gasteiger partial charge is 0.359 e. The smallest absolute Gasteiger partial charge is 0.123 e. The Labute approximate surface area is 211 Å². The molecule has 1 aromatic carbocycles. The molecule has 3 aliphatic heterocycles. The van der Waals surface area contributed by atoms with Gasteiger partial charge >= 0.3 is 0 Å². The zero-order valence-electron chi connectivity index (χ0n) is 21.7. The molecule has 3 saturated heterocycles. The number of hydrogen-bond acceptors (Lipinski definition) is 6. The van der Waals surface area contributed by atoms with E-state index in [2.05, 4.69) is 66.1 Å². The molecular weight excluding hydrogens is 440 g/mol. The average Bonchev–Trinajstić information content (AvgIpc) is 2.79. The zero-order valence-corrected chi connectivity index (χ0v) is 22.5. The fraction of sp³-hybridized carbons (Fsp3) is 0.786. The summed E-state index contributed by atoms with van der Waals surface area (Å²) in [7, 11) is 0. The van der Waals surface area contributed by atoms with Gasteiger partial charge in [-0.3, -0.25) is 15.5 Å². The average molecular weight is 487 g/mol. The van der Waals surface area contributed by atoms with E-state index in [1.807, 2.05) is 11.9 Å². The van der Waals surface area contributed by atoms with Crippen LogP contribution in [0.25, 0.3) is 0 Å². The van der Waals surface area contributed by atoms with Crippen LogP contribution in [-0.2, 0) is 4.74 Å². The van der Waals surface area contributed by atoms with Crippen LogP contribution in [0.5, 0.6) is 0 Å². The van der Waals surface area contributed by atoms with Gasteiger partial charge in [-0.15, -0.1) is 0 Å². The third-order valence-electron chi connectivity index (χ3n) is 8.52. The van der Waals surface area contributed by atoms with E-state index in [0.717, 1.165) is 30.8 Å². The molecule has 3 heterocycles. The molecule has 0 aromatic heterocycles. The number of rotatable bonds is 3. The standard InChI is InChI=1S/C28H46N4OS/c1-18(2)13-22-11-12-23-17-32(22)16-21-9-6-10-24(14-21)34-31-28-29-25(15-26(30-28)33-23)27-19(3)7-5-8-20(27)4/h5,7-8,18,21-26,28-31H,6,9-17H2,1-4H3/t21?,22?,23-,24?,25?,26?,28?/m1/s1. The van der Waals surface area contributed by atoms with Gasteiger partial charge < -0.3 is 4.74 Å². The van der Waals surface area contributed by atoms with Crippen molar-refractivity contribution < 1.29 is 4.74 Å². The van der Waals surface area contributed by atoms with E-state index in [-0.39, 0.29) is 12.5 Å². The van der Waals surface area contributed by atoms with E-state index in [4.69, 9.17) is 4.74 Å². The Kier molecular flexibility index (Phi) is 8.24. The molecule has 3 N–H and O–H groups in total. The van der Waals surface area contributed by atoms with Gasteiger partial charge in [-0.25, -0.2) is 4.72 Å². The van der Waals surface area contributed by atoms with Crippen molar-refractivity contribution in [1.29, 1.82) is 0 Å². The first-order valence-electron chi connectivity index (χ1n) is 13.8. The van der Waals surface area contributed by atoms with Crippen molar-refractivity contribution in [3.05, 3.63) is 34.9 Å². The van der Waals surface area contributed by atoms with Gasteiger partial charge in [-0.1, -0.05) is 50.4 Å². The second-order valence-electron chi connectivity index (χ2n) is 11.8. The number of piperidine rings is 1. The molecule has 34 heavy (non-hydrogen) atoms. The number of nitrogens with zero attached hydrogens (tertiary/aromatic N) is 1. The van der Waals surface area contributed by atoms with E-state index in [1.165, 1.54) is 68.2 Å². The monoisotopic (exact) mass is 486 g/mol. The predicted octanol–water partition coefficient (Wildman–Crippen LogP) is 5.24. The molecule has 0 spiro atoms. The van der Waals surface area contributed by atoms with E-state index >= 15 is 0 Å². The van der Waals surface area contributed by atoms with Crippen molar-refractivity contribution in [2.45, 2.75) is 115 Å².